The molecule has 0 bridgehead atoms. The van der Waals surface area contributed by atoms with E-state index in [2.05, 4.69) is 9.29 Å². The summed E-state index contributed by atoms with van der Waals surface area (Å²) in [6.45, 7) is 3.97. The fraction of sp³-hybridized carbons (Fsp3) is 0.280. The summed E-state index contributed by atoms with van der Waals surface area (Å²) in [5.74, 6) is -0.954. The van der Waals surface area contributed by atoms with Crippen LogP contribution >= 0.6 is 11.6 Å². The third-order valence-corrected chi connectivity index (χ3v) is 7.18. The number of carbonyl (C=O) groups is 2. The topological polar surface area (TPSA) is 94.5 Å². The first-order valence-electron chi connectivity index (χ1n) is 10.8. The summed E-state index contributed by atoms with van der Waals surface area (Å²) in [6, 6.07) is 17.3. The van der Waals surface area contributed by atoms with Gasteiger partial charge in [-0.05, 0) is 56.2 Å². The quantitative estimate of drug-likeness (QED) is 0.315. The Labute approximate surface area is 204 Å². The second-order valence-electron chi connectivity index (χ2n) is 7.86. The Balaban J connectivity index is 1.49. The normalized spacial score (nSPS) is 11.4. The standard InChI is InChI=1S/C25H27ClN2O5S/c1-18-16-23(19(2)28(18)15-13-20-8-10-21(26)11-9-20)24(29)17-33-25(30)12-14-27-34(31,32)22-6-4-3-5-7-22/h3-11,16,27H,12-15,17H2,1-2H3. The van der Waals surface area contributed by atoms with Crippen molar-refractivity contribution in [3.05, 3.63) is 88.2 Å². The number of carbonyl (C=O) groups excluding carboxylic acids is 2. The van der Waals surface area contributed by atoms with Crippen LogP contribution in [-0.4, -0.2) is 37.9 Å². The second kappa shape index (κ2) is 11.5. The van der Waals surface area contributed by atoms with Crippen molar-refractivity contribution >= 4 is 33.4 Å². The van der Waals surface area contributed by atoms with Crippen LogP contribution in [0.5, 0.6) is 0 Å². The summed E-state index contributed by atoms with van der Waals surface area (Å²) in [5, 5.41) is 0.688. The van der Waals surface area contributed by atoms with E-state index in [0.29, 0.717) is 17.1 Å². The van der Waals surface area contributed by atoms with E-state index >= 15 is 0 Å². The van der Waals surface area contributed by atoms with Gasteiger partial charge in [-0.3, -0.25) is 9.59 Å². The lowest BCUT2D eigenvalue weighted by Gasteiger charge is -2.10. The molecule has 0 spiro atoms. The van der Waals surface area contributed by atoms with E-state index in [1.165, 1.54) is 12.1 Å². The summed E-state index contributed by atoms with van der Waals surface area (Å²) in [4.78, 5) is 24.8. The van der Waals surface area contributed by atoms with Gasteiger partial charge in [0.2, 0.25) is 15.8 Å². The Morgan fingerprint density at radius 1 is 1.03 bits per heavy atom. The number of Topliss-reactive ketones (excluding diaryl/α,β-unsaturated/α-hetero) is 1. The molecule has 1 heterocycles. The molecule has 2 aromatic carbocycles. The van der Waals surface area contributed by atoms with Gasteiger partial charge in [0.25, 0.3) is 0 Å². The highest BCUT2D eigenvalue weighted by Crippen LogP contribution is 2.18. The number of benzene rings is 2. The average molecular weight is 503 g/mol. The van der Waals surface area contributed by atoms with E-state index in [9.17, 15) is 18.0 Å². The van der Waals surface area contributed by atoms with Crippen LogP contribution in [0.4, 0.5) is 0 Å². The van der Waals surface area contributed by atoms with Crippen LogP contribution < -0.4 is 4.72 Å². The van der Waals surface area contributed by atoms with Gasteiger partial charge in [0.1, 0.15) is 0 Å². The zero-order chi connectivity index (χ0) is 24.7. The third-order valence-electron chi connectivity index (χ3n) is 5.45. The van der Waals surface area contributed by atoms with E-state index in [4.69, 9.17) is 16.3 Å². The molecule has 7 nitrogen and oxygen atoms in total. The highest BCUT2D eigenvalue weighted by atomic mass is 35.5. The van der Waals surface area contributed by atoms with E-state index in [1.807, 2.05) is 38.1 Å². The lowest BCUT2D eigenvalue weighted by molar-refractivity contribution is -0.142. The Hall–Kier alpha value is -2.94. The molecule has 0 amide bonds. The molecule has 0 fully saturated rings. The average Bonchev–Trinajstić information content (AvgIpc) is 3.11. The SMILES string of the molecule is Cc1cc(C(=O)COC(=O)CCNS(=O)(=O)c2ccccc2)c(C)n1CCc1ccc(Cl)cc1. The Bertz CT molecular complexity index is 1250. The van der Waals surface area contributed by atoms with Crippen LogP contribution in [0.15, 0.2) is 65.6 Å². The summed E-state index contributed by atoms with van der Waals surface area (Å²) >= 11 is 5.93. The van der Waals surface area contributed by atoms with Gasteiger partial charge in [-0.1, -0.05) is 41.9 Å². The van der Waals surface area contributed by atoms with Crippen molar-refractivity contribution in [1.82, 2.24) is 9.29 Å². The van der Waals surface area contributed by atoms with Crippen LogP contribution in [0.3, 0.4) is 0 Å². The molecule has 3 aromatic rings. The minimum Gasteiger partial charge on any atom is -0.457 e. The fourth-order valence-corrected chi connectivity index (χ4v) is 4.76. The number of hydrogen-bond donors (Lipinski definition) is 1. The first kappa shape index (κ1) is 25.7. The molecule has 34 heavy (non-hydrogen) atoms. The Morgan fingerprint density at radius 2 is 1.71 bits per heavy atom. The van der Waals surface area contributed by atoms with Crippen molar-refractivity contribution in [1.29, 1.82) is 0 Å². The smallest absolute Gasteiger partial charge is 0.307 e. The molecule has 3 rings (SSSR count). The lowest BCUT2D eigenvalue weighted by atomic mass is 10.1. The first-order chi connectivity index (χ1) is 16.2. The molecule has 180 valence electrons. The van der Waals surface area contributed by atoms with Gasteiger partial charge < -0.3 is 9.30 Å². The zero-order valence-corrected chi connectivity index (χ0v) is 20.7. The zero-order valence-electron chi connectivity index (χ0n) is 19.1. The van der Waals surface area contributed by atoms with Crippen molar-refractivity contribution in [3.63, 3.8) is 0 Å². The molecule has 9 heteroatoms. The minimum absolute atomic E-state index is 0.116. The summed E-state index contributed by atoms with van der Waals surface area (Å²) in [7, 11) is -3.70. The van der Waals surface area contributed by atoms with Crippen molar-refractivity contribution < 1.29 is 22.7 Å². The Morgan fingerprint density at radius 3 is 2.38 bits per heavy atom. The number of sulfonamides is 1. The Kier molecular flexibility index (Phi) is 8.66. The number of esters is 1. The number of nitrogens with one attached hydrogen (secondary N) is 1. The van der Waals surface area contributed by atoms with Gasteiger partial charge in [-0.2, -0.15) is 0 Å². The van der Waals surface area contributed by atoms with Gasteiger partial charge in [-0.25, -0.2) is 13.1 Å². The fourth-order valence-electron chi connectivity index (χ4n) is 3.59. The molecule has 0 aliphatic rings. The monoisotopic (exact) mass is 502 g/mol. The predicted molar refractivity (Wildman–Crippen MR) is 131 cm³/mol. The number of halogens is 1. The summed E-state index contributed by atoms with van der Waals surface area (Å²) in [6.07, 6.45) is 0.606. The predicted octanol–water partition coefficient (Wildman–Crippen LogP) is 4.10. The van der Waals surface area contributed by atoms with Crippen LogP contribution in [0.1, 0.15) is 33.7 Å². The summed E-state index contributed by atoms with van der Waals surface area (Å²) in [5.41, 5.74) is 3.40. The first-order valence-corrected chi connectivity index (χ1v) is 12.7. The number of rotatable bonds is 11. The number of aromatic nitrogens is 1. The van der Waals surface area contributed by atoms with Crippen molar-refractivity contribution in [3.8, 4) is 0 Å². The van der Waals surface area contributed by atoms with Gasteiger partial charge in [0.15, 0.2) is 6.61 Å². The van der Waals surface area contributed by atoms with Gasteiger partial charge in [0, 0.05) is 35.1 Å². The third kappa shape index (κ3) is 6.79. The molecule has 0 aliphatic heterocycles. The number of ketones is 1. The summed E-state index contributed by atoms with van der Waals surface area (Å²) < 4.78 is 33.8. The van der Waals surface area contributed by atoms with Crippen LogP contribution in [0.25, 0.3) is 0 Å². The maximum absolute atomic E-state index is 12.6. The van der Waals surface area contributed by atoms with Gasteiger partial charge in [-0.15, -0.1) is 0 Å². The van der Waals surface area contributed by atoms with E-state index in [1.54, 1.807) is 24.3 Å². The van der Waals surface area contributed by atoms with Crippen molar-refractivity contribution in [2.24, 2.45) is 0 Å². The van der Waals surface area contributed by atoms with Gasteiger partial charge >= 0.3 is 5.97 Å². The second-order valence-corrected chi connectivity index (χ2v) is 10.1. The van der Waals surface area contributed by atoms with Crippen LogP contribution in [0, 0.1) is 13.8 Å². The molecular formula is C25H27ClN2O5S. The molecule has 0 saturated carbocycles. The maximum Gasteiger partial charge on any atom is 0.307 e. The highest BCUT2D eigenvalue weighted by molar-refractivity contribution is 7.89. The minimum atomic E-state index is -3.70. The molecule has 0 unspecified atom stereocenters. The van der Waals surface area contributed by atoms with E-state index < -0.39 is 22.6 Å². The van der Waals surface area contributed by atoms with Crippen LogP contribution in [0.2, 0.25) is 5.02 Å². The number of aryl methyl sites for hydroxylation is 2. The van der Waals surface area contributed by atoms with E-state index in [0.717, 1.165) is 23.4 Å². The van der Waals surface area contributed by atoms with E-state index in [-0.39, 0.29) is 23.6 Å². The van der Waals surface area contributed by atoms with Crippen molar-refractivity contribution in [2.75, 3.05) is 13.2 Å². The van der Waals surface area contributed by atoms with Crippen LogP contribution in [-0.2, 0) is 32.5 Å². The molecule has 1 N–H and O–H groups in total. The van der Waals surface area contributed by atoms with Gasteiger partial charge in [0.05, 0.1) is 11.3 Å². The number of ether oxygens (including phenoxy) is 1. The molecule has 0 atom stereocenters. The maximum atomic E-state index is 12.6. The van der Waals surface area contributed by atoms with Crippen molar-refractivity contribution in [2.45, 2.75) is 38.1 Å². The molecule has 1 aromatic heterocycles. The number of hydrogen-bond acceptors (Lipinski definition) is 5. The number of nitrogens with zero attached hydrogens (tertiary/aromatic N) is 1. The molecule has 0 radical (unpaired) electrons. The molecular weight excluding hydrogens is 476 g/mol. The lowest BCUT2D eigenvalue weighted by Crippen LogP contribution is -2.27. The molecule has 0 saturated heterocycles. The molecule has 0 aliphatic carbocycles. The largest absolute Gasteiger partial charge is 0.457 e. The highest BCUT2D eigenvalue weighted by Gasteiger charge is 2.18.